The molecule has 1 atom stereocenters. The van der Waals surface area contributed by atoms with Gasteiger partial charge in [0, 0.05) is 28.6 Å². The van der Waals surface area contributed by atoms with Gasteiger partial charge in [-0.15, -0.1) is 0 Å². The van der Waals surface area contributed by atoms with Crippen LogP contribution in [0.15, 0.2) is 22.6 Å². The van der Waals surface area contributed by atoms with Gasteiger partial charge < -0.3 is 9.32 Å². The summed E-state index contributed by atoms with van der Waals surface area (Å²) < 4.78 is 29.1. The number of carbonyl (C=O) groups excluding carboxylic acids is 1. The number of hydrogen-bond acceptors (Lipinski definition) is 4. The first-order valence-corrected chi connectivity index (χ1v) is 9.72. The molecule has 1 aliphatic rings. The van der Waals surface area contributed by atoms with Crippen molar-refractivity contribution in [1.29, 1.82) is 0 Å². The second kappa shape index (κ2) is 5.83. The second-order valence-corrected chi connectivity index (χ2v) is 8.51. The number of rotatable bonds is 3. The molecular weight excluding hydrogens is 338 g/mol. The van der Waals surface area contributed by atoms with Crippen LogP contribution < -0.4 is 0 Å². The van der Waals surface area contributed by atoms with E-state index in [4.69, 9.17) is 16.0 Å². The van der Waals surface area contributed by atoms with Gasteiger partial charge in [0.1, 0.15) is 5.58 Å². The Balaban J connectivity index is 1.97. The van der Waals surface area contributed by atoms with Crippen molar-refractivity contribution < 1.29 is 17.6 Å². The highest BCUT2D eigenvalue weighted by molar-refractivity contribution is 7.91. The van der Waals surface area contributed by atoms with Crippen molar-refractivity contribution in [2.45, 2.75) is 26.3 Å². The molecule has 7 heteroatoms. The quantitative estimate of drug-likeness (QED) is 0.848. The number of furan rings is 1. The predicted molar refractivity (Wildman–Crippen MR) is 89.7 cm³/mol. The Morgan fingerprint density at radius 1 is 1.43 bits per heavy atom. The second-order valence-electron chi connectivity index (χ2n) is 5.84. The lowest BCUT2D eigenvalue weighted by molar-refractivity contribution is 0.0677. The smallest absolute Gasteiger partial charge is 0.290 e. The van der Waals surface area contributed by atoms with Crippen molar-refractivity contribution in [2.24, 2.45) is 0 Å². The maximum atomic E-state index is 12.9. The number of amides is 1. The van der Waals surface area contributed by atoms with Crippen LogP contribution >= 0.6 is 11.6 Å². The Labute approximate surface area is 140 Å². The van der Waals surface area contributed by atoms with Gasteiger partial charge in [-0.2, -0.15) is 0 Å². The van der Waals surface area contributed by atoms with Crippen LogP contribution in [-0.4, -0.2) is 43.3 Å². The summed E-state index contributed by atoms with van der Waals surface area (Å²) in [6.07, 6.45) is 0.479. The van der Waals surface area contributed by atoms with Gasteiger partial charge in [-0.1, -0.05) is 11.6 Å². The summed E-state index contributed by atoms with van der Waals surface area (Å²) in [7, 11) is -3.05. The first-order valence-electron chi connectivity index (χ1n) is 7.52. The molecule has 0 spiro atoms. The van der Waals surface area contributed by atoms with Gasteiger partial charge in [-0.3, -0.25) is 4.79 Å². The average molecular weight is 356 g/mol. The zero-order valence-corrected chi connectivity index (χ0v) is 14.6. The predicted octanol–water partition coefficient (Wildman–Crippen LogP) is 3.04. The van der Waals surface area contributed by atoms with Crippen LogP contribution in [0, 0.1) is 6.92 Å². The number of carbonyl (C=O) groups is 1. The summed E-state index contributed by atoms with van der Waals surface area (Å²) in [6.45, 7) is 4.10. The lowest BCUT2D eigenvalue weighted by Gasteiger charge is -2.26. The van der Waals surface area contributed by atoms with Crippen LogP contribution in [0.25, 0.3) is 11.0 Å². The lowest BCUT2D eigenvalue weighted by Crippen LogP contribution is -2.41. The summed E-state index contributed by atoms with van der Waals surface area (Å²) >= 11 is 6.00. The number of sulfone groups is 1. The van der Waals surface area contributed by atoms with Crippen molar-refractivity contribution in [1.82, 2.24) is 4.90 Å². The number of fused-ring (bicyclic) bond motifs is 1. The maximum absolute atomic E-state index is 12.9. The van der Waals surface area contributed by atoms with E-state index >= 15 is 0 Å². The summed E-state index contributed by atoms with van der Waals surface area (Å²) in [5.74, 6) is 0.154. The Kier molecular flexibility index (Phi) is 4.14. The van der Waals surface area contributed by atoms with Gasteiger partial charge in [0.25, 0.3) is 5.91 Å². The molecule has 0 aliphatic carbocycles. The van der Waals surface area contributed by atoms with Crippen LogP contribution in [-0.2, 0) is 9.84 Å². The van der Waals surface area contributed by atoms with Crippen LogP contribution in [0.1, 0.15) is 29.5 Å². The van der Waals surface area contributed by atoms with Crippen LogP contribution in [0.4, 0.5) is 0 Å². The standard InChI is InChI=1S/C16H18ClNO4S/c1-3-18(12-6-7-23(20,21)9-12)16(19)15-10(2)13-8-11(17)4-5-14(13)22-15/h4-5,8,12H,3,6-7,9H2,1-2H3/t12-/m0/s1. The maximum Gasteiger partial charge on any atom is 0.290 e. The first-order chi connectivity index (χ1) is 10.8. The van der Waals surface area contributed by atoms with Crippen molar-refractivity contribution in [3.8, 4) is 0 Å². The normalized spacial score (nSPS) is 20.0. The average Bonchev–Trinajstić information content (AvgIpc) is 3.00. The zero-order chi connectivity index (χ0) is 16.8. The van der Waals surface area contributed by atoms with E-state index in [1.54, 1.807) is 23.1 Å². The molecule has 0 N–H and O–H groups in total. The SMILES string of the molecule is CCN(C(=O)c1oc2ccc(Cl)cc2c1C)[C@H]1CCS(=O)(=O)C1. The number of benzene rings is 1. The minimum Gasteiger partial charge on any atom is -0.451 e. The fourth-order valence-electron chi connectivity index (χ4n) is 3.12. The Morgan fingerprint density at radius 3 is 2.78 bits per heavy atom. The topological polar surface area (TPSA) is 67.6 Å². The van der Waals surface area contributed by atoms with Crippen LogP contribution in [0.3, 0.4) is 0 Å². The van der Waals surface area contributed by atoms with Crippen molar-refractivity contribution in [3.05, 3.63) is 34.5 Å². The monoisotopic (exact) mass is 355 g/mol. The minimum atomic E-state index is -3.05. The molecule has 124 valence electrons. The molecule has 0 bridgehead atoms. The molecule has 1 aromatic heterocycles. The summed E-state index contributed by atoms with van der Waals surface area (Å²) in [5, 5.41) is 1.38. The third-order valence-electron chi connectivity index (χ3n) is 4.34. The molecule has 1 fully saturated rings. The van der Waals surface area contributed by atoms with E-state index in [2.05, 4.69) is 0 Å². The molecule has 2 heterocycles. The molecule has 2 aromatic rings. The van der Waals surface area contributed by atoms with Crippen molar-refractivity contribution >= 4 is 38.3 Å². The number of halogens is 1. The van der Waals surface area contributed by atoms with Gasteiger partial charge >= 0.3 is 0 Å². The molecule has 1 amide bonds. The van der Waals surface area contributed by atoms with Gasteiger partial charge in [0.15, 0.2) is 15.6 Å². The largest absolute Gasteiger partial charge is 0.451 e. The minimum absolute atomic E-state index is 0.0255. The van der Waals surface area contributed by atoms with Gasteiger partial charge in [-0.05, 0) is 38.5 Å². The highest BCUT2D eigenvalue weighted by Crippen LogP contribution is 2.30. The molecule has 23 heavy (non-hydrogen) atoms. The van der Waals surface area contributed by atoms with E-state index in [0.717, 1.165) is 10.9 Å². The molecule has 0 unspecified atom stereocenters. The Morgan fingerprint density at radius 2 is 2.17 bits per heavy atom. The lowest BCUT2D eigenvalue weighted by atomic mass is 10.1. The third-order valence-corrected chi connectivity index (χ3v) is 6.33. The summed E-state index contributed by atoms with van der Waals surface area (Å²) in [4.78, 5) is 14.4. The number of hydrogen-bond donors (Lipinski definition) is 0. The number of nitrogens with zero attached hydrogens (tertiary/aromatic N) is 1. The van der Waals surface area contributed by atoms with Crippen molar-refractivity contribution in [3.63, 3.8) is 0 Å². The van der Waals surface area contributed by atoms with Crippen molar-refractivity contribution in [2.75, 3.05) is 18.1 Å². The summed E-state index contributed by atoms with van der Waals surface area (Å²) in [6, 6.07) is 4.93. The van der Waals surface area contributed by atoms with E-state index < -0.39 is 9.84 Å². The fraction of sp³-hybridized carbons (Fsp3) is 0.438. The van der Waals surface area contributed by atoms with Gasteiger partial charge in [0.05, 0.1) is 11.5 Å². The van der Waals surface area contributed by atoms with E-state index in [1.807, 2.05) is 13.8 Å². The molecule has 3 rings (SSSR count). The van der Waals surface area contributed by atoms with Gasteiger partial charge in [-0.25, -0.2) is 8.42 Å². The molecule has 0 saturated carbocycles. The summed E-state index contributed by atoms with van der Waals surface area (Å²) in [5.41, 5.74) is 1.33. The first kappa shape index (κ1) is 16.3. The Bertz CT molecular complexity index is 872. The van der Waals surface area contributed by atoms with E-state index in [1.165, 1.54) is 0 Å². The molecule has 1 aromatic carbocycles. The fourth-order valence-corrected chi connectivity index (χ4v) is 5.02. The van der Waals surface area contributed by atoms with E-state index in [0.29, 0.717) is 23.6 Å². The molecular formula is C16H18ClNO4S. The molecule has 1 saturated heterocycles. The molecule has 0 radical (unpaired) electrons. The molecule has 1 aliphatic heterocycles. The van der Waals surface area contributed by atoms with Crippen LogP contribution in [0.2, 0.25) is 5.02 Å². The third kappa shape index (κ3) is 2.97. The molecule has 5 nitrogen and oxygen atoms in total. The Hall–Kier alpha value is -1.53. The van der Waals surface area contributed by atoms with Gasteiger partial charge in [0.2, 0.25) is 0 Å². The number of aryl methyl sites for hydroxylation is 1. The van der Waals surface area contributed by atoms with E-state index in [-0.39, 0.29) is 29.2 Å². The highest BCUT2D eigenvalue weighted by atomic mass is 35.5. The van der Waals surface area contributed by atoms with E-state index in [9.17, 15) is 13.2 Å². The highest BCUT2D eigenvalue weighted by Gasteiger charge is 2.35. The van der Waals surface area contributed by atoms with Crippen LogP contribution in [0.5, 0.6) is 0 Å². The zero-order valence-electron chi connectivity index (χ0n) is 13.0.